The van der Waals surface area contributed by atoms with Gasteiger partial charge in [0, 0.05) is 16.3 Å². The van der Waals surface area contributed by atoms with E-state index < -0.39 is 11.6 Å². The third kappa shape index (κ3) is 2.34. The van der Waals surface area contributed by atoms with E-state index in [4.69, 9.17) is 11.6 Å². The van der Waals surface area contributed by atoms with Gasteiger partial charge in [0.05, 0.1) is 0 Å². The monoisotopic (exact) mass is 308 g/mol. The van der Waals surface area contributed by atoms with E-state index in [-0.39, 0.29) is 16.4 Å². The van der Waals surface area contributed by atoms with Gasteiger partial charge in [-0.2, -0.15) is 0 Å². The second kappa shape index (κ2) is 5.00. The summed E-state index contributed by atoms with van der Waals surface area (Å²) in [6.45, 7) is 1.60. The SMILES string of the molecule is Cc1cc(-c2nnc(Cl)c3cc(F)c(F)cc23)ccc1F. The molecule has 0 aliphatic heterocycles. The molecule has 0 bridgehead atoms. The highest BCUT2D eigenvalue weighted by Gasteiger charge is 2.14. The van der Waals surface area contributed by atoms with Crippen LogP contribution in [0, 0.1) is 24.4 Å². The van der Waals surface area contributed by atoms with Gasteiger partial charge >= 0.3 is 0 Å². The van der Waals surface area contributed by atoms with Crippen LogP contribution in [0.2, 0.25) is 5.15 Å². The van der Waals surface area contributed by atoms with E-state index in [0.29, 0.717) is 22.2 Å². The smallest absolute Gasteiger partial charge is 0.159 e. The van der Waals surface area contributed by atoms with E-state index in [1.807, 2.05) is 0 Å². The molecule has 0 aliphatic carbocycles. The number of aryl methyl sites for hydroxylation is 1. The average molecular weight is 309 g/mol. The first-order valence-corrected chi connectivity index (χ1v) is 6.42. The molecular formula is C15H8ClF3N2. The average Bonchev–Trinajstić information content (AvgIpc) is 2.45. The van der Waals surface area contributed by atoms with E-state index >= 15 is 0 Å². The molecule has 3 aromatic rings. The highest BCUT2D eigenvalue weighted by atomic mass is 35.5. The Morgan fingerprint density at radius 2 is 1.52 bits per heavy atom. The van der Waals surface area contributed by atoms with Crippen molar-refractivity contribution in [2.45, 2.75) is 6.92 Å². The number of fused-ring (bicyclic) bond motifs is 1. The van der Waals surface area contributed by atoms with Crippen LogP contribution in [0.1, 0.15) is 5.56 Å². The first-order chi connectivity index (χ1) is 9.97. The lowest BCUT2D eigenvalue weighted by atomic mass is 10.0. The molecule has 0 fully saturated rings. The van der Waals surface area contributed by atoms with Crippen molar-refractivity contribution in [3.8, 4) is 11.3 Å². The minimum atomic E-state index is -1.02. The van der Waals surface area contributed by atoms with Crippen molar-refractivity contribution in [1.29, 1.82) is 0 Å². The van der Waals surface area contributed by atoms with Crippen LogP contribution in [0.25, 0.3) is 22.0 Å². The van der Waals surface area contributed by atoms with Crippen molar-refractivity contribution in [1.82, 2.24) is 10.2 Å². The second-order valence-corrected chi connectivity index (χ2v) is 4.97. The van der Waals surface area contributed by atoms with Crippen LogP contribution in [0.5, 0.6) is 0 Å². The molecule has 0 radical (unpaired) electrons. The molecule has 2 nitrogen and oxygen atoms in total. The maximum Gasteiger partial charge on any atom is 0.159 e. The number of rotatable bonds is 1. The molecular weight excluding hydrogens is 301 g/mol. The molecule has 0 spiro atoms. The normalized spacial score (nSPS) is 11.1. The lowest BCUT2D eigenvalue weighted by molar-refractivity contribution is 0.511. The first kappa shape index (κ1) is 13.8. The summed E-state index contributed by atoms with van der Waals surface area (Å²) in [6, 6.07) is 6.34. The Balaban J connectivity index is 2.35. The van der Waals surface area contributed by atoms with Crippen molar-refractivity contribution in [3.63, 3.8) is 0 Å². The van der Waals surface area contributed by atoms with Crippen LogP contribution in [0.3, 0.4) is 0 Å². The Labute approximate surface area is 123 Å². The van der Waals surface area contributed by atoms with Crippen molar-refractivity contribution in [2.24, 2.45) is 0 Å². The van der Waals surface area contributed by atoms with Crippen LogP contribution >= 0.6 is 11.6 Å². The predicted octanol–water partition coefficient (Wildman–Crippen LogP) is 4.68. The number of halogens is 4. The fourth-order valence-corrected chi connectivity index (χ4v) is 2.31. The third-order valence-corrected chi connectivity index (χ3v) is 3.49. The van der Waals surface area contributed by atoms with Crippen LogP contribution in [0.4, 0.5) is 13.2 Å². The van der Waals surface area contributed by atoms with Gasteiger partial charge in [-0.25, -0.2) is 13.2 Å². The van der Waals surface area contributed by atoms with Crippen molar-refractivity contribution >= 4 is 22.4 Å². The lowest BCUT2D eigenvalue weighted by Crippen LogP contribution is -1.95. The third-order valence-electron chi connectivity index (χ3n) is 3.21. The highest BCUT2D eigenvalue weighted by molar-refractivity contribution is 6.34. The van der Waals surface area contributed by atoms with Crippen LogP contribution < -0.4 is 0 Å². The molecule has 0 aliphatic rings. The lowest BCUT2D eigenvalue weighted by Gasteiger charge is -2.08. The number of benzene rings is 2. The van der Waals surface area contributed by atoms with Crippen molar-refractivity contribution < 1.29 is 13.2 Å². The molecule has 6 heteroatoms. The van der Waals surface area contributed by atoms with E-state index in [9.17, 15) is 13.2 Å². The van der Waals surface area contributed by atoms with Crippen molar-refractivity contribution in [3.05, 3.63) is 58.5 Å². The molecule has 0 amide bonds. The zero-order valence-corrected chi connectivity index (χ0v) is 11.5. The summed E-state index contributed by atoms with van der Waals surface area (Å²) in [5.74, 6) is -2.38. The Hall–Kier alpha value is -2.14. The molecule has 0 unspecified atom stereocenters. The summed E-state index contributed by atoms with van der Waals surface area (Å²) >= 11 is 5.87. The summed E-state index contributed by atoms with van der Waals surface area (Å²) in [5, 5.41) is 8.21. The molecule has 2 aromatic carbocycles. The van der Waals surface area contributed by atoms with Gasteiger partial charge in [-0.1, -0.05) is 11.6 Å². The largest absolute Gasteiger partial charge is 0.207 e. The number of hydrogen-bond donors (Lipinski definition) is 0. The van der Waals surface area contributed by atoms with Crippen LogP contribution in [-0.2, 0) is 0 Å². The molecule has 1 heterocycles. The Kier molecular flexibility index (Phi) is 3.29. The fourth-order valence-electron chi connectivity index (χ4n) is 2.12. The summed E-state index contributed by atoms with van der Waals surface area (Å²) in [4.78, 5) is 0. The van der Waals surface area contributed by atoms with Crippen molar-refractivity contribution in [2.75, 3.05) is 0 Å². The molecule has 3 rings (SSSR count). The van der Waals surface area contributed by atoms with Gasteiger partial charge in [-0.05, 0) is 42.8 Å². The molecule has 0 N–H and O–H groups in total. The van der Waals surface area contributed by atoms with Gasteiger partial charge in [0.1, 0.15) is 11.5 Å². The minimum Gasteiger partial charge on any atom is -0.207 e. The maximum atomic E-state index is 13.5. The predicted molar refractivity (Wildman–Crippen MR) is 74.6 cm³/mol. The van der Waals surface area contributed by atoms with Crippen LogP contribution in [-0.4, -0.2) is 10.2 Å². The zero-order valence-electron chi connectivity index (χ0n) is 10.8. The molecule has 1 aromatic heterocycles. The Morgan fingerprint density at radius 3 is 2.19 bits per heavy atom. The van der Waals surface area contributed by atoms with Gasteiger partial charge in [0.15, 0.2) is 16.8 Å². The van der Waals surface area contributed by atoms with E-state index in [1.165, 1.54) is 12.1 Å². The van der Waals surface area contributed by atoms with E-state index in [0.717, 1.165) is 12.1 Å². The summed E-state index contributed by atoms with van der Waals surface area (Å²) < 4.78 is 40.2. The summed E-state index contributed by atoms with van der Waals surface area (Å²) in [7, 11) is 0. The van der Waals surface area contributed by atoms with E-state index in [1.54, 1.807) is 13.0 Å². The molecule has 0 saturated heterocycles. The quantitative estimate of drug-likeness (QED) is 0.652. The Bertz CT molecular complexity index is 865. The van der Waals surface area contributed by atoms with Gasteiger partial charge < -0.3 is 0 Å². The van der Waals surface area contributed by atoms with Gasteiger partial charge in [-0.3, -0.25) is 0 Å². The number of nitrogens with zero attached hydrogens (tertiary/aromatic N) is 2. The highest BCUT2D eigenvalue weighted by Crippen LogP contribution is 2.31. The first-order valence-electron chi connectivity index (χ1n) is 6.05. The number of hydrogen-bond acceptors (Lipinski definition) is 2. The van der Waals surface area contributed by atoms with E-state index in [2.05, 4.69) is 10.2 Å². The number of aromatic nitrogens is 2. The zero-order chi connectivity index (χ0) is 15.1. The molecule has 21 heavy (non-hydrogen) atoms. The molecule has 106 valence electrons. The molecule has 0 saturated carbocycles. The van der Waals surface area contributed by atoms with Crippen LogP contribution in [0.15, 0.2) is 30.3 Å². The maximum absolute atomic E-state index is 13.5. The van der Waals surface area contributed by atoms with Gasteiger partial charge in [-0.15, -0.1) is 10.2 Å². The fraction of sp³-hybridized carbons (Fsp3) is 0.0667. The standard InChI is InChI=1S/C15H8ClF3N2/c1-7-4-8(2-3-11(7)17)14-9-5-12(18)13(19)6-10(9)15(16)21-20-14/h2-6H,1H3. The van der Waals surface area contributed by atoms with Gasteiger partial charge in [0.25, 0.3) is 0 Å². The summed E-state index contributed by atoms with van der Waals surface area (Å²) in [5.41, 5.74) is 1.28. The van der Waals surface area contributed by atoms with Gasteiger partial charge in [0.2, 0.25) is 0 Å². The topological polar surface area (TPSA) is 25.8 Å². The minimum absolute atomic E-state index is 0.0218. The molecule has 0 atom stereocenters. The Morgan fingerprint density at radius 1 is 0.857 bits per heavy atom. The second-order valence-electron chi connectivity index (χ2n) is 4.62. The summed E-state index contributed by atoms with van der Waals surface area (Å²) in [6.07, 6.45) is 0.